The van der Waals surface area contributed by atoms with E-state index in [9.17, 15) is 22.8 Å². The fourth-order valence-corrected chi connectivity index (χ4v) is 4.39. The Hall–Kier alpha value is -3.10. The molecule has 0 radical (unpaired) electrons. The molecule has 170 valence electrons. The number of anilines is 1. The summed E-state index contributed by atoms with van der Waals surface area (Å²) in [5.74, 6) is 0.0707. The van der Waals surface area contributed by atoms with Gasteiger partial charge in [0.2, 0.25) is 0 Å². The summed E-state index contributed by atoms with van der Waals surface area (Å²) in [5, 5.41) is 2.58. The van der Waals surface area contributed by atoms with Gasteiger partial charge >= 0.3 is 6.18 Å². The van der Waals surface area contributed by atoms with Crippen LogP contribution in [0.25, 0.3) is 0 Å². The Labute approximate surface area is 183 Å². The van der Waals surface area contributed by atoms with E-state index < -0.39 is 17.8 Å². The lowest BCUT2D eigenvalue weighted by Gasteiger charge is -2.33. The van der Waals surface area contributed by atoms with E-state index in [1.807, 2.05) is 4.90 Å². The predicted molar refractivity (Wildman–Crippen MR) is 111 cm³/mol. The molecule has 1 fully saturated rings. The molecule has 1 aliphatic heterocycles. The lowest BCUT2D eigenvalue weighted by atomic mass is 9.86. The molecule has 1 saturated carbocycles. The first-order valence-corrected chi connectivity index (χ1v) is 10.5. The Bertz CT molecular complexity index is 1050. The number of rotatable bonds is 4. The number of hydrogen-bond donors (Lipinski definition) is 1. The van der Waals surface area contributed by atoms with Gasteiger partial charge in [0.25, 0.3) is 11.8 Å². The number of carbonyl (C=O) groups is 2. The molecule has 1 aromatic heterocycles. The first-order chi connectivity index (χ1) is 15.2. The van der Waals surface area contributed by atoms with Crippen LogP contribution in [0.3, 0.4) is 0 Å². The molecule has 1 aromatic carbocycles. The largest absolute Gasteiger partial charge is 0.495 e. The number of halogens is 3. The van der Waals surface area contributed by atoms with Crippen LogP contribution in [0.1, 0.15) is 64.7 Å². The van der Waals surface area contributed by atoms with Gasteiger partial charge in [0.15, 0.2) is 0 Å². The summed E-state index contributed by atoms with van der Waals surface area (Å²) < 4.78 is 44.1. The smallest absolute Gasteiger partial charge is 0.433 e. The maximum atomic E-state index is 13.0. The second-order valence-corrected chi connectivity index (χ2v) is 8.42. The Morgan fingerprint density at radius 1 is 1.19 bits per heavy atom. The number of ether oxygens (including phenoxy) is 1. The van der Waals surface area contributed by atoms with Crippen molar-refractivity contribution >= 4 is 17.5 Å². The van der Waals surface area contributed by atoms with Crippen LogP contribution in [0.2, 0.25) is 0 Å². The van der Waals surface area contributed by atoms with Crippen molar-refractivity contribution in [1.29, 1.82) is 0 Å². The van der Waals surface area contributed by atoms with Gasteiger partial charge in [-0.05, 0) is 61.4 Å². The molecule has 1 N–H and O–H groups in total. The van der Waals surface area contributed by atoms with Gasteiger partial charge in [0.05, 0.1) is 12.8 Å². The lowest BCUT2D eigenvalue weighted by molar-refractivity contribution is -0.141. The molecule has 2 aromatic rings. The molecule has 2 amide bonds. The fourth-order valence-electron chi connectivity index (χ4n) is 4.39. The Morgan fingerprint density at radius 2 is 1.91 bits per heavy atom. The monoisotopic (exact) mass is 447 g/mol. The van der Waals surface area contributed by atoms with Crippen molar-refractivity contribution in [2.24, 2.45) is 5.92 Å². The zero-order valence-electron chi connectivity index (χ0n) is 17.8. The molecule has 2 heterocycles. The maximum absolute atomic E-state index is 13.0. The van der Waals surface area contributed by atoms with Crippen molar-refractivity contribution in [1.82, 2.24) is 9.88 Å². The maximum Gasteiger partial charge on any atom is 0.433 e. The van der Waals surface area contributed by atoms with E-state index in [2.05, 4.69) is 17.2 Å². The zero-order valence-corrected chi connectivity index (χ0v) is 17.8. The van der Waals surface area contributed by atoms with Crippen LogP contribution in [0.4, 0.5) is 18.9 Å². The summed E-state index contributed by atoms with van der Waals surface area (Å²) in [4.78, 5) is 30.9. The van der Waals surface area contributed by atoms with Gasteiger partial charge in [-0.2, -0.15) is 13.2 Å². The van der Waals surface area contributed by atoms with Crippen LogP contribution >= 0.6 is 0 Å². The van der Waals surface area contributed by atoms with E-state index >= 15 is 0 Å². The first-order valence-electron chi connectivity index (χ1n) is 10.5. The molecular formula is C23H24F3N3O3. The predicted octanol–water partition coefficient (Wildman–Crippen LogP) is 4.90. The van der Waals surface area contributed by atoms with Crippen LogP contribution in [0, 0.1) is 5.92 Å². The molecule has 6 nitrogen and oxygen atoms in total. The van der Waals surface area contributed by atoms with Crippen molar-refractivity contribution < 1.29 is 27.5 Å². The van der Waals surface area contributed by atoms with Crippen LogP contribution < -0.4 is 10.1 Å². The molecule has 0 saturated heterocycles. The second-order valence-electron chi connectivity index (χ2n) is 8.42. The molecule has 1 aliphatic carbocycles. The molecule has 0 spiro atoms. The Morgan fingerprint density at radius 3 is 2.56 bits per heavy atom. The van der Waals surface area contributed by atoms with Crippen LogP contribution in [0.15, 0.2) is 30.3 Å². The number of aromatic nitrogens is 1. The highest BCUT2D eigenvalue weighted by molar-refractivity contribution is 6.05. The van der Waals surface area contributed by atoms with Gasteiger partial charge in [-0.3, -0.25) is 9.59 Å². The molecule has 0 atom stereocenters. The minimum Gasteiger partial charge on any atom is -0.495 e. The third-order valence-corrected chi connectivity index (χ3v) is 6.20. The average Bonchev–Trinajstić information content (AvgIpc) is 3.08. The first kappa shape index (κ1) is 22.1. The highest BCUT2D eigenvalue weighted by Gasteiger charge is 2.36. The van der Waals surface area contributed by atoms with Crippen LogP contribution in [0.5, 0.6) is 5.75 Å². The van der Waals surface area contributed by atoms with Crippen molar-refractivity contribution in [2.75, 3.05) is 12.4 Å². The SMILES string of the molecule is COc1cc2c(cc1NC(=O)c1cccc(C(F)(F)F)n1)CN([C@H]1CC[C@H](C)CC1)C2=O. The number of alkyl halides is 3. The van der Waals surface area contributed by atoms with E-state index in [1.165, 1.54) is 13.2 Å². The van der Waals surface area contributed by atoms with Gasteiger partial charge in [0, 0.05) is 18.2 Å². The number of carbonyl (C=O) groups excluding carboxylic acids is 2. The third-order valence-electron chi connectivity index (χ3n) is 6.20. The summed E-state index contributed by atoms with van der Waals surface area (Å²) in [6, 6.07) is 6.57. The van der Waals surface area contributed by atoms with Gasteiger partial charge in [0.1, 0.15) is 17.1 Å². The van der Waals surface area contributed by atoms with Gasteiger partial charge < -0.3 is 15.0 Å². The summed E-state index contributed by atoms with van der Waals surface area (Å²) in [7, 11) is 1.40. The number of nitrogens with one attached hydrogen (secondary N) is 1. The number of pyridine rings is 1. The van der Waals surface area contributed by atoms with Gasteiger partial charge in [-0.25, -0.2) is 4.98 Å². The number of benzene rings is 1. The van der Waals surface area contributed by atoms with Crippen molar-refractivity contribution in [3.63, 3.8) is 0 Å². The highest BCUT2D eigenvalue weighted by Crippen LogP contribution is 2.37. The number of fused-ring (bicyclic) bond motifs is 1. The van der Waals surface area contributed by atoms with E-state index in [0.717, 1.165) is 43.4 Å². The normalized spacial score (nSPS) is 20.8. The zero-order chi connectivity index (χ0) is 23.0. The number of nitrogens with zero attached hydrogens (tertiary/aromatic N) is 2. The van der Waals surface area contributed by atoms with Crippen molar-refractivity contribution in [3.05, 3.63) is 52.8 Å². The van der Waals surface area contributed by atoms with E-state index in [4.69, 9.17) is 4.74 Å². The van der Waals surface area contributed by atoms with E-state index in [0.29, 0.717) is 18.0 Å². The second kappa shape index (κ2) is 8.44. The average molecular weight is 447 g/mol. The van der Waals surface area contributed by atoms with E-state index in [1.54, 1.807) is 12.1 Å². The number of amides is 2. The molecule has 0 bridgehead atoms. The summed E-state index contributed by atoms with van der Waals surface area (Å²) >= 11 is 0. The quantitative estimate of drug-likeness (QED) is 0.724. The van der Waals surface area contributed by atoms with Crippen LogP contribution in [-0.4, -0.2) is 34.8 Å². The molecular weight excluding hydrogens is 423 g/mol. The lowest BCUT2D eigenvalue weighted by Crippen LogP contribution is -2.37. The Kier molecular flexibility index (Phi) is 5.83. The van der Waals surface area contributed by atoms with Crippen LogP contribution in [-0.2, 0) is 12.7 Å². The molecule has 0 unspecified atom stereocenters. The molecule has 2 aliphatic rings. The molecule has 32 heavy (non-hydrogen) atoms. The minimum atomic E-state index is -4.65. The van der Waals surface area contributed by atoms with Crippen molar-refractivity contribution in [2.45, 2.75) is 51.4 Å². The number of hydrogen-bond acceptors (Lipinski definition) is 4. The molecule has 4 rings (SSSR count). The highest BCUT2D eigenvalue weighted by atomic mass is 19.4. The topological polar surface area (TPSA) is 71.5 Å². The minimum absolute atomic E-state index is 0.0599. The Balaban J connectivity index is 1.56. The summed E-state index contributed by atoms with van der Waals surface area (Å²) in [6.45, 7) is 2.65. The molecule has 9 heteroatoms. The van der Waals surface area contributed by atoms with Crippen molar-refractivity contribution in [3.8, 4) is 5.75 Å². The number of methoxy groups -OCH3 is 1. The third kappa shape index (κ3) is 4.28. The summed E-state index contributed by atoms with van der Waals surface area (Å²) in [5.41, 5.74) is 0.0466. The summed E-state index contributed by atoms with van der Waals surface area (Å²) in [6.07, 6.45) is -0.563. The van der Waals surface area contributed by atoms with Gasteiger partial charge in [-0.1, -0.05) is 13.0 Å². The van der Waals surface area contributed by atoms with Gasteiger partial charge in [-0.15, -0.1) is 0 Å². The fraction of sp³-hybridized carbons (Fsp3) is 0.435. The van der Waals surface area contributed by atoms with E-state index in [-0.39, 0.29) is 29.1 Å². The standard InChI is InChI=1S/C23H24F3N3O3/c1-13-6-8-15(9-7-13)29-12-14-10-18(19(32-2)11-16(14)22(29)31)28-21(30)17-4-3-5-20(27-17)23(24,25)26/h3-5,10-11,13,15H,6-9,12H2,1-2H3,(H,28,30)/t13-,15-.